The molecule has 0 heterocycles. The van der Waals surface area contributed by atoms with E-state index in [1.807, 2.05) is 25.2 Å². The third-order valence-electron chi connectivity index (χ3n) is 2.72. The maximum Gasteiger partial charge on any atom is 0.221 e. The summed E-state index contributed by atoms with van der Waals surface area (Å²) in [6.07, 6.45) is 2.57. The Morgan fingerprint density at radius 2 is 1.94 bits per heavy atom. The first-order valence-corrected chi connectivity index (χ1v) is 6.26. The highest BCUT2D eigenvalue weighted by atomic mass is 35.5. The zero-order valence-electron chi connectivity index (χ0n) is 11.1. The molecule has 0 spiro atoms. The lowest BCUT2D eigenvalue weighted by Crippen LogP contribution is -2.30. The quantitative estimate of drug-likeness (QED) is 0.800. The van der Waals surface area contributed by atoms with Gasteiger partial charge in [-0.2, -0.15) is 0 Å². The second-order valence-electron chi connectivity index (χ2n) is 4.17. The normalized spacial score (nSPS) is 11.4. The van der Waals surface area contributed by atoms with Crippen LogP contribution in [0.3, 0.4) is 0 Å². The molecule has 1 atom stereocenters. The van der Waals surface area contributed by atoms with Gasteiger partial charge in [0.05, 0.1) is 6.04 Å². The highest BCUT2D eigenvalue weighted by Gasteiger charge is 2.12. The lowest BCUT2D eigenvalue weighted by Gasteiger charge is -2.18. The van der Waals surface area contributed by atoms with Crippen molar-refractivity contribution in [1.82, 2.24) is 10.6 Å². The van der Waals surface area contributed by atoms with E-state index in [-0.39, 0.29) is 24.4 Å². The van der Waals surface area contributed by atoms with Crippen LogP contribution in [0.5, 0.6) is 0 Å². The predicted molar refractivity (Wildman–Crippen MR) is 78.0 cm³/mol. The van der Waals surface area contributed by atoms with E-state index in [1.165, 1.54) is 5.56 Å². The Balaban J connectivity index is 0.00000289. The SMILES string of the molecule is CCCC(NC(=O)CCNC)c1ccccc1.Cl. The highest BCUT2D eigenvalue weighted by Crippen LogP contribution is 2.17. The van der Waals surface area contributed by atoms with Crippen LogP contribution in [-0.4, -0.2) is 19.5 Å². The number of benzene rings is 1. The predicted octanol–water partition coefficient (Wildman–Crippen LogP) is 2.68. The molecule has 0 saturated heterocycles. The van der Waals surface area contributed by atoms with E-state index < -0.39 is 0 Å². The van der Waals surface area contributed by atoms with E-state index in [2.05, 4.69) is 29.7 Å². The molecular formula is C14H23ClN2O. The summed E-state index contributed by atoms with van der Waals surface area (Å²) in [4.78, 5) is 11.7. The molecule has 18 heavy (non-hydrogen) atoms. The second kappa shape index (κ2) is 9.92. The fourth-order valence-electron chi connectivity index (χ4n) is 1.80. The zero-order chi connectivity index (χ0) is 12.5. The largest absolute Gasteiger partial charge is 0.349 e. The second-order valence-corrected chi connectivity index (χ2v) is 4.17. The van der Waals surface area contributed by atoms with Gasteiger partial charge in [-0.05, 0) is 19.0 Å². The smallest absolute Gasteiger partial charge is 0.221 e. The number of carbonyl (C=O) groups excluding carboxylic acids is 1. The van der Waals surface area contributed by atoms with Crippen molar-refractivity contribution in [3.05, 3.63) is 35.9 Å². The highest BCUT2D eigenvalue weighted by molar-refractivity contribution is 5.85. The summed E-state index contributed by atoms with van der Waals surface area (Å²) in [5.74, 6) is 0.113. The van der Waals surface area contributed by atoms with Gasteiger partial charge in [-0.15, -0.1) is 12.4 Å². The summed E-state index contributed by atoms with van der Waals surface area (Å²) < 4.78 is 0. The Morgan fingerprint density at radius 1 is 1.28 bits per heavy atom. The van der Waals surface area contributed by atoms with Gasteiger partial charge < -0.3 is 10.6 Å². The average Bonchev–Trinajstić information content (AvgIpc) is 2.37. The zero-order valence-corrected chi connectivity index (χ0v) is 11.9. The minimum Gasteiger partial charge on any atom is -0.349 e. The van der Waals surface area contributed by atoms with Crippen LogP contribution < -0.4 is 10.6 Å². The Bertz CT molecular complexity index is 330. The summed E-state index contributed by atoms with van der Waals surface area (Å²) in [6.45, 7) is 2.86. The van der Waals surface area contributed by atoms with E-state index in [1.54, 1.807) is 0 Å². The first-order valence-electron chi connectivity index (χ1n) is 6.26. The van der Waals surface area contributed by atoms with E-state index in [0.717, 1.165) is 19.4 Å². The fraction of sp³-hybridized carbons (Fsp3) is 0.500. The van der Waals surface area contributed by atoms with Crippen LogP contribution in [0.15, 0.2) is 30.3 Å². The van der Waals surface area contributed by atoms with Crippen LogP contribution in [0.2, 0.25) is 0 Å². The Labute approximate surface area is 116 Å². The van der Waals surface area contributed by atoms with Crippen LogP contribution in [0.25, 0.3) is 0 Å². The van der Waals surface area contributed by atoms with Gasteiger partial charge in [-0.1, -0.05) is 43.7 Å². The minimum absolute atomic E-state index is 0. The Morgan fingerprint density at radius 3 is 2.50 bits per heavy atom. The number of rotatable bonds is 7. The van der Waals surface area contributed by atoms with Crippen molar-refractivity contribution in [2.75, 3.05) is 13.6 Å². The van der Waals surface area contributed by atoms with E-state index >= 15 is 0 Å². The summed E-state index contributed by atoms with van der Waals surface area (Å²) >= 11 is 0. The molecule has 0 aromatic heterocycles. The first kappa shape index (κ1) is 16.9. The molecule has 1 aromatic rings. The molecule has 2 N–H and O–H groups in total. The number of carbonyl (C=O) groups is 1. The standard InChI is InChI=1S/C14H22N2O.ClH/c1-3-7-13(12-8-5-4-6-9-12)16-14(17)10-11-15-2;/h4-6,8-9,13,15H,3,7,10-11H2,1-2H3,(H,16,17);1H. The molecule has 0 saturated carbocycles. The summed E-state index contributed by atoms with van der Waals surface area (Å²) in [7, 11) is 1.86. The van der Waals surface area contributed by atoms with Crippen molar-refractivity contribution in [3.63, 3.8) is 0 Å². The molecule has 4 heteroatoms. The molecule has 0 aliphatic heterocycles. The van der Waals surface area contributed by atoms with Crippen molar-refractivity contribution in [1.29, 1.82) is 0 Å². The van der Waals surface area contributed by atoms with E-state index in [0.29, 0.717) is 6.42 Å². The van der Waals surface area contributed by atoms with Crippen LogP contribution in [0, 0.1) is 0 Å². The molecule has 3 nitrogen and oxygen atoms in total. The van der Waals surface area contributed by atoms with Crippen LogP contribution in [0.1, 0.15) is 37.8 Å². The third-order valence-corrected chi connectivity index (χ3v) is 2.72. The number of halogens is 1. The Kier molecular flexibility index (Phi) is 9.33. The molecule has 0 bridgehead atoms. The van der Waals surface area contributed by atoms with Gasteiger partial charge in [0.15, 0.2) is 0 Å². The van der Waals surface area contributed by atoms with E-state index in [4.69, 9.17) is 0 Å². The lowest BCUT2D eigenvalue weighted by atomic mass is 10.0. The number of amides is 1. The van der Waals surface area contributed by atoms with Gasteiger partial charge in [-0.25, -0.2) is 0 Å². The van der Waals surface area contributed by atoms with Crippen molar-refractivity contribution < 1.29 is 4.79 Å². The van der Waals surface area contributed by atoms with Gasteiger partial charge in [0.2, 0.25) is 5.91 Å². The number of hydrogen-bond donors (Lipinski definition) is 2. The average molecular weight is 271 g/mol. The maximum absolute atomic E-state index is 11.7. The molecule has 1 amide bonds. The molecule has 1 unspecified atom stereocenters. The van der Waals surface area contributed by atoms with Crippen molar-refractivity contribution >= 4 is 18.3 Å². The van der Waals surface area contributed by atoms with Gasteiger partial charge in [-0.3, -0.25) is 4.79 Å². The topological polar surface area (TPSA) is 41.1 Å². The summed E-state index contributed by atoms with van der Waals surface area (Å²) in [5.41, 5.74) is 1.19. The first-order chi connectivity index (χ1) is 8.27. The summed E-state index contributed by atoms with van der Waals surface area (Å²) in [5, 5.41) is 6.07. The Hall–Kier alpha value is -1.06. The molecule has 0 aliphatic rings. The van der Waals surface area contributed by atoms with Crippen molar-refractivity contribution in [2.24, 2.45) is 0 Å². The molecular weight excluding hydrogens is 248 g/mol. The molecule has 102 valence electrons. The van der Waals surface area contributed by atoms with Crippen LogP contribution >= 0.6 is 12.4 Å². The van der Waals surface area contributed by atoms with Gasteiger partial charge >= 0.3 is 0 Å². The maximum atomic E-state index is 11.7. The minimum atomic E-state index is 0. The van der Waals surface area contributed by atoms with Crippen LogP contribution in [0.4, 0.5) is 0 Å². The molecule has 1 aromatic carbocycles. The van der Waals surface area contributed by atoms with Gasteiger partial charge in [0.25, 0.3) is 0 Å². The molecule has 0 aliphatic carbocycles. The van der Waals surface area contributed by atoms with Crippen molar-refractivity contribution in [3.8, 4) is 0 Å². The molecule has 0 radical (unpaired) electrons. The number of hydrogen-bond acceptors (Lipinski definition) is 2. The van der Waals surface area contributed by atoms with Crippen molar-refractivity contribution in [2.45, 2.75) is 32.2 Å². The van der Waals surface area contributed by atoms with E-state index in [9.17, 15) is 4.79 Å². The number of nitrogens with one attached hydrogen (secondary N) is 2. The summed E-state index contributed by atoms with van der Waals surface area (Å²) in [6, 6.07) is 10.3. The lowest BCUT2D eigenvalue weighted by molar-refractivity contribution is -0.121. The van der Waals surface area contributed by atoms with Gasteiger partial charge in [0, 0.05) is 13.0 Å². The third kappa shape index (κ3) is 6.03. The monoisotopic (exact) mass is 270 g/mol. The van der Waals surface area contributed by atoms with Gasteiger partial charge in [0.1, 0.15) is 0 Å². The molecule has 1 rings (SSSR count). The van der Waals surface area contributed by atoms with Crippen LogP contribution in [-0.2, 0) is 4.79 Å². The molecule has 0 fully saturated rings. The fourth-order valence-corrected chi connectivity index (χ4v) is 1.80.